The monoisotopic (exact) mass is 300 g/mol. The van der Waals surface area contributed by atoms with Gasteiger partial charge in [0.15, 0.2) is 0 Å². The molecule has 1 aromatic rings. The lowest BCUT2D eigenvalue weighted by Crippen LogP contribution is -2.41. The molecule has 0 unspecified atom stereocenters. The van der Waals surface area contributed by atoms with Crippen molar-refractivity contribution in [3.63, 3.8) is 0 Å². The molecule has 1 amide bonds. The van der Waals surface area contributed by atoms with E-state index in [9.17, 15) is 14.4 Å². The first-order valence-corrected chi connectivity index (χ1v) is 7.50. The fourth-order valence-corrected chi connectivity index (χ4v) is 2.58. The summed E-state index contributed by atoms with van der Waals surface area (Å²) in [5.74, 6) is -1.36. The Morgan fingerprint density at radius 1 is 1.50 bits per heavy atom. The molecular weight excluding hydrogens is 280 g/mol. The van der Waals surface area contributed by atoms with Crippen molar-refractivity contribution in [1.29, 1.82) is 0 Å². The van der Waals surface area contributed by atoms with E-state index >= 15 is 0 Å². The Balaban J connectivity index is 2.50. The molecule has 0 aliphatic heterocycles. The smallest absolute Gasteiger partial charge is 0.326 e. The molecule has 0 fully saturated rings. The first-order valence-electron chi connectivity index (χ1n) is 6.62. The number of carboxylic acids is 1. The number of carbonyl (C=O) groups excluding carboxylic acids is 1. The largest absolute Gasteiger partial charge is 0.480 e. The highest BCUT2D eigenvalue weighted by atomic mass is 32.1. The van der Waals surface area contributed by atoms with E-state index in [1.54, 1.807) is 12.3 Å². The van der Waals surface area contributed by atoms with Gasteiger partial charge in [-0.05, 0) is 13.3 Å². The van der Waals surface area contributed by atoms with Crippen LogP contribution in [0.5, 0.6) is 0 Å². The molecule has 0 saturated carbocycles. The number of nitrogens with zero attached hydrogens (tertiary/aromatic N) is 1. The van der Waals surface area contributed by atoms with E-state index in [-0.39, 0.29) is 23.7 Å². The van der Waals surface area contributed by atoms with E-state index in [0.717, 1.165) is 29.9 Å². The van der Waals surface area contributed by atoms with Gasteiger partial charge < -0.3 is 15.0 Å². The van der Waals surface area contributed by atoms with Gasteiger partial charge in [0.1, 0.15) is 6.04 Å². The van der Waals surface area contributed by atoms with Crippen LogP contribution in [-0.2, 0) is 16.1 Å². The molecule has 0 bridgehead atoms. The fourth-order valence-electron chi connectivity index (χ4n) is 1.82. The van der Waals surface area contributed by atoms with Crippen LogP contribution < -0.4 is 10.2 Å². The molecule has 0 saturated heterocycles. The van der Waals surface area contributed by atoms with Crippen molar-refractivity contribution in [3.05, 3.63) is 20.7 Å². The van der Waals surface area contributed by atoms with E-state index in [1.807, 2.05) is 6.92 Å². The summed E-state index contributed by atoms with van der Waals surface area (Å²) in [5, 5.41) is 13.3. The van der Waals surface area contributed by atoms with E-state index in [4.69, 9.17) is 5.11 Å². The van der Waals surface area contributed by atoms with Crippen molar-refractivity contribution >= 4 is 23.2 Å². The van der Waals surface area contributed by atoms with Gasteiger partial charge in [-0.3, -0.25) is 9.59 Å². The fraction of sp³-hybridized carbons (Fsp3) is 0.615. The van der Waals surface area contributed by atoms with Gasteiger partial charge in [-0.1, -0.05) is 31.1 Å². The molecule has 0 radical (unpaired) electrons. The predicted molar refractivity (Wildman–Crippen MR) is 77.0 cm³/mol. The first kappa shape index (κ1) is 16.4. The van der Waals surface area contributed by atoms with E-state index in [1.165, 1.54) is 4.57 Å². The van der Waals surface area contributed by atoms with Gasteiger partial charge >= 0.3 is 10.8 Å². The van der Waals surface area contributed by atoms with Crippen LogP contribution in [0.25, 0.3) is 0 Å². The molecule has 1 aromatic heterocycles. The van der Waals surface area contributed by atoms with Crippen LogP contribution in [0.2, 0.25) is 0 Å². The van der Waals surface area contributed by atoms with Crippen LogP contribution >= 0.6 is 11.3 Å². The molecule has 1 rings (SSSR count). The van der Waals surface area contributed by atoms with E-state index in [0.29, 0.717) is 6.42 Å². The van der Waals surface area contributed by atoms with Gasteiger partial charge in [-0.15, -0.1) is 0 Å². The number of rotatable bonds is 8. The number of carbonyl (C=O) groups is 2. The van der Waals surface area contributed by atoms with Gasteiger partial charge in [0.05, 0.1) is 0 Å². The van der Waals surface area contributed by atoms with Gasteiger partial charge in [0, 0.05) is 24.0 Å². The quantitative estimate of drug-likeness (QED) is 0.759. The van der Waals surface area contributed by atoms with Gasteiger partial charge in [-0.2, -0.15) is 0 Å². The molecule has 0 aliphatic carbocycles. The number of aromatic nitrogens is 1. The zero-order chi connectivity index (χ0) is 15.1. The third-order valence-electron chi connectivity index (χ3n) is 3.02. The van der Waals surface area contributed by atoms with Gasteiger partial charge in [0.25, 0.3) is 0 Å². The average molecular weight is 300 g/mol. The van der Waals surface area contributed by atoms with Crippen molar-refractivity contribution in [2.75, 3.05) is 0 Å². The van der Waals surface area contributed by atoms with Gasteiger partial charge in [0.2, 0.25) is 5.91 Å². The summed E-state index contributed by atoms with van der Waals surface area (Å²) < 4.78 is 1.52. The zero-order valence-corrected chi connectivity index (χ0v) is 12.5. The molecule has 20 heavy (non-hydrogen) atoms. The number of hydrogen-bond donors (Lipinski definition) is 2. The van der Waals surface area contributed by atoms with Gasteiger partial charge in [-0.25, -0.2) is 4.79 Å². The molecular formula is C13H20N2O4S. The summed E-state index contributed by atoms with van der Waals surface area (Å²) in [6, 6.07) is -0.845. The molecule has 1 heterocycles. The molecule has 0 aliphatic rings. The van der Waals surface area contributed by atoms with Crippen molar-refractivity contribution in [1.82, 2.24) is 9.88 Å². The van der Waals surface area contributed by atoms with Crippen LogP contribution in [0, 0.1) is 6.92 Å². The zero-order valence-electron chi connectivity index (χ0n) is 11.7. The molecule has 0 aromatic carbocycles. The first-order chi connectivity index (χ1) is 9.45. The van der Waals surface area contributed by atoms with Crippen LogP contribution in [-0.4, -0.2) is 27.6 Å². The Labute approximate surface area is 121 Å². The van der Waals surface area contributed by atoms with Crippen LogP contribution in [0.15, 0.2) is 10.2 Å². The van der Waals surface area contributed by atoms with E-state index in [2.05, 4.69) is 5.32 Å². The summed E-state index contributed by atoms with van der Waals surface area (Å²) in [5.41, 5.74) is 0.813. The standard InChI is InChI=1S/C13H20N2O4S/c1-3-4-5-10(12(17)18)14-11(16)6-7-15-9(2)8-20-13(15)19/h8,10H,3-7H2,1-2H3,(H,14,16)(H,17,18)/t10-/m0/s1. The van der Waals surface area contributed by atoms with E-state index < -0.39 is 12.0 Å². The van der Waals surface area contributed by atoms with Crippen LogP contribution in [0.3, 0.4) is 0 Å². The minimum atomic E-state index is -1.02. The molecule has 112 valence electrons. The average Bonchev–Trinajstić information content (AvgIpc) is 2.71. The predicted octanol–water partition coefficient (Wildman–Crippen LogP) is 1.37. The minimum absolute atomic E-state index is 0.101. The molecule has 1 atom stereocenters. The number of amides is 1. The maximum absolute atomic E-state index is 11.8. The Morgan fingerprint density at radius 3 is 2.70 bits per heavy atom. The number of carboxylic acid groups (broad SMARTS) is 1. The SMILES string of the molecule is CCCC[C@H](NC(=O)CCn1c(C)csc1=O)C(=O)O. The lowest BCUT2D eigenvalue weighted by molar-refractivity contribution is -0.142. The second-order valence-electron chi connectivity index (χ2n) is 4.65. The Bertz CT molecular complexity index is 521. The van der Waals surface area contributed by atoms with Crippen molar-refractivity contribution in [2.24, 2.45) is 0 Å². The maximum Gasteiger partial charge on any atom is 0.326 e. The Morgan fingerprint density at radius 2 is 2.20 bits per heavy atom. The van der Waals surface area contributed by atoms with Crippen molar-refractivity contribution in [3.8, 4) is 0 Å². The third-order valence-corrected chi connectivity index (χ3v) is 3.90. The number of thiazole rings is 1. The van der Waals surface area contributed by atoms with Crippen LogP contribution in [0.4, 0.5) is 0 Å². The van der Waals surface area contributed by atoms with Crippen molar-refractivity contribution < 1.29 is 14.7 Å². The maximum atomic E-state index is 11.8. The Kier molecular flexibility index (Phi) is 6.44. The molecule has 7 heteroatoms. The third kappa shape index (κ3) is 4.80. The molecule has 2 N–H and O–H groups in total. The summed E-state index contributed by atoms with van der Waals surface area (Å²) >= 11 is 1.09. The summed E-state index contributed by atoms with van der Waals surface area (Å²) in [6.45, 7) is 4.05. The lowest BCUT2D eigenvalue weighted by Gasteiger charge is -2.14. The summed E-state index contributed by atoms with van der Waals surface area (Å²) in [7, 11) is 0. The summed E-state index contributed by atoms with van der Waals surface area (Å²) in [4.78, 5) is 34.1. The molecule has 6 nitrogen and oxygen atoms in total. The Hall–Kier alpha value is -1.63. The number of nitrogens with one attached hydrogen (secondary N) is 1. The highest BCUT2D eigenvalue weighted by Gasteiger charge is 2.19. The second kappa shape index (κ2) is 7.84. The lowest BCUT2D eigenvalue weighted by atomic mass is 10.1. The highest BCUT2D eigenvalue weighted by molar-refractivity contribution is 7.07. The minimum Gasteiger partial charge on any atom is -0.480 e. The van der Waals surface area contributed by atoms with Crippen molar-refractivity contribution in [2.45, 2.75) is 52.1 Å². The number of unbranched alkanes of at least 4 members (excludes halogenated alkanes) is 1. The second-order valence-corrected chi connectivity index (χ2v) is 5.47. The normalized spacial score (nSPS) is 12.1. The van der Waals surface area contributed by atoms with Crippen LogP contribution in [0.1, 0.15) is 38.3 Å². The number of hydrogen-bond acceptors (Lipinski definition) is 4. The molecule has 0 spiro atoms. The number of aliphatic carboxylic acids is 1. The topological polar surface area (TPSA) is 88.4 Å². The number of aryl methyl sites for hydroxylation is 1. The summed E-state index contributed by atoms with van der Waals surface area (Å²) in [6.07, 6.45) is 2.16. The highest BCUT2D eigenvalue weighted by Crippen LogP contribution is 2.03.